The molecule has 6 rings (SSSR count). The Bertz CT molecular complexity index is 1810. The number of rotatable bonds is 13. The van der Waals surface area contributed by atoms with Crippen molar-refractivity contribution < 1.29 is 19.1 Å². The molecule has 2 fully saturated rings. The second kappa shape index (κ2) is 17.6. The zero-order chi connectivity index (χ0) is 37.3. The van der Waals surface area contributed by atoms with Gasteiger partial charge in [0.25, 0.3) is 5.91 Å². The number of tetrazole rings is 1. The lowest BCUT2D eigenvalue weighted by Crippen LogP contribution is -2.48. The summed E-state index contributed by atoms with van der Waals surface area (Å²) in [4.78, 5) is 42.7. The van der Waals surface area contributed by atoms with Gasteiger partial charge in [0.1, 0.15) is 11.8 Å². The fraction of sp³-hybridized carbons (Fsp3) is 0.450. The van der Waals surface area contributed by atoms with Gasteiger partial charge in [-0.25, -0.2) is 0 Å². The number of benzene rings is 3. The van der Waals surface area contributed by atoms with Gasteiger partial charge >= 0.3 is 0 Å². The lowest BCUT2D eigenvalue weighted by Gasteiger charge is -2.33. The molecule has 0 radical (unpaired) electrons. The highest BCUT2D eigenvalue weighted by atomic mass is 16.5. The number of ether oxygens (including phenoxy) is 1. The zero-order valence-electron chi connectivity index (χ0n) is 30.8. The zero-order valence-corrected chi connectivity index (χ0v) is 30.8. The summed E-state index contributed by atoms with van der Waals surface area (Å²) in [7, 11) is 5.82. The first-order chi connectivity index (χ1) is 25.7. The first-order valence-electron chi connectivity index (χ1n) is 18.6. The van der Waals surface area contributed by atoms with E-state index in [2.05, 4.69) is 55.6 Å². The van der Waals surface area contributed by atoms with E-state index in [1.807, 2.05) is 36.4 Å². The Labute approximate surface area is 310 Å². The fourth-order valence-corrected chi connectivity index (χ4v) is 7.51. The Balaban J connectivity index is 1.13. The quantitative estimate of drug-likeness (QED) is 0.132. The van der Waals surface area contributed by atoms with Gasteiger partial charge in [0.2, 0.25) is 17.6 Å². The largest absolute Gasteiger partial charge is 0.496 e. The van der Waals surface area contributed by atoms with Crippen LogP contribution in [0.4, 0.5) is 5.69 Å². The van der Waals surface area contributed by atoms with Gasteiger partial charge in [-0.2, -0.15) is 5.21 Å². The van der Waals surface area contributed by atoms with E-state index in [0.29, 0.717) is 47.8 Å². The Hall–Kier alpha value is -5.14. The molecule has 0 aliphatic heterocycles. The molecule has 53 heavy (non-hydrogen) atoms. The number of amides is 3. The normalized spacial score (nSPS) is 20.7. The van der Waals surface area contributed by atoms with Crippen molar-refractivity contribution >= 4 is 23.4 Å². The van der Waals surface area contributed by atoms with Crippen LogP contribution >= 0.6 is 0 Å². The highest BCUT2D eigenvalue weighted by Crippen LogP contribution is 2.32. The number of carbonyl (C=O) groups excluding carboxylic acids is 3. The number of H-pyrrole nitrogens is 1. The molecule has 4 aromatic rings. The number of nitrogens with zero attached hydrogens (tertiary/aromatic N) is 4. The molecule has 6 N–H and O–H groups in total. The Morgan fingerprint density at radius 1 is 0.906 bits per heavy atom. The van der Waals surface area contributed by atoms with Gasteiger partial charge in [0.15, 0.2) is 0 Å². The number of aromatic amines is 1. The van der Waals surface area contributed by atoms with Gasteiger partial charge in [0.05, 0.1) is 7.11 Å². The van der Waals surface area contributed by atoms with Gasteiger partial charge in [0, 0.05) is 46.8 Å². The van der Waals surface area contributed by atoms with Crippen molar-refractivity contribution in [2.24, 2.45) is 17.6 Å². The maximum absolute atomic E-state index is 13.7. The number of hydrogen-bond donors (Lipinski definition) is 5. The van der Waals surface area contributed by atoms with Crippen LogP contribution in [0.2, 0.25) is 0 Å². The van der Waals surface area contributed by atoms with E-state index >= 15 is 0 Å². The van der Waals surface area contributed by atoms with Crippen LogP contribution in [-0.2, 0) is 16.0 Å². The monoisotopic (exact) mass is 721 g/mol. The van der Waals surface area contributed by atoms with Gasteiger partial charge < -0.3 is 31.3 Å². The van der Waals surface area contributed by atoms with Crippen LogP contribution in [0.5, 0.6) is 5.75 Å². The second-order valence-corrected chi connectivity index (χ2v) is 14.6. The molecule has 13 nitrogen and oxygen atoms in total. The van der Waals surface area contributed by atoms with Crippen molar-refractivity contribution in [1.82, 2.24) is 36.2 Å². The summed E-state index contributed by atoms with van der Waals surface area (Å²) >= 11 is 0. The van der Waals surface area contributed by atoms with Crippen molar-refractivity contribution in [3.05, 3.63) is 77.9 Å². The molecule has 0 unspecified atom stereocenters. The number of nitrogens with two attached hydrogens (primary N) is 1. The summed E-state index contributed by atoms with van der Waals surface area (Å²) < 4.78 is 5.74. The topological polar surface area (TPSA) is 180 Å². The predicted octanol–water partition coefficient (Wildman–Crippen LogP) is 4.58. The molecule has 2 aliphatic rings. The van der Waals surface area contributed by atoms with Crippen LogP contribution < -0.4 is 26.4 Å². The molecular weight excluding hydrogens is 670 g/mol. The van der Waals surface area contributed by atoms with Crippen LogP contribution in [0.15, 0.2) is 66.7 Å². The Morgan fingerprint density at radius 2 is 1.60 bits per heavy atom. The first kappa shape index (κ1) is 37.6. The number of methoxy groups -OCH3 is 1. The van der Waals surface area contributed by atoms with Crippen molar-refractivity contribution in [3.8, 4) is 28.3 Å². The molecular formula is C40H51N9O4. The van der Waals surface area contributed by atoms with E-state index < -0.39 is 6.04 Å². The van der Waals surface area contributed by atoms with Gasteiger partial charge in [-0.15, -0.1) is 10.2 Å². The lowest BCUT2D eigenvalue weighted by atomic mass is 9.81. The van der Waals surface area contributed by atoms with Crippen LogP contribution in [-0.4, -0.2) is 89.1 Å². The van der Waals surface area contributed by atoms with E-state index in [-0.39, 0.29) is 29.7 Å². The first-order valence-corrected chi connectivity index (χ1v) is 18.6. The molecule has 0 spiro atoms. The average Bonchev–Trinajstić information content (AvgIpc) is 3.73. The van der Waals surface area contributed by atoms with Crippen LogP contribution in [0.25, 0.3) is 22.5 Å². The smallest absolute Gasteiger partial charge is 0.251 e. The second-order valence-electron chi connectivity index (χ2n) is 14.6. The van der Waals surface area contributed by atoms with Crippen LogP contribution in [0.1, 0.15) is 67.3 Å². The summed E-state index contributed by atoms with van der Waals surface area (Å²) in [6.07, 6.45) is 7.70. The van der Waals surface area contributed by atoms with E-state index in [1.54, 1.807) is 37.4 Å². The van der Waals surface area contributed by atoms with Crippen LogP contribution in [0.3, 0.4) is 0 Å². The molecule has 3 amide bonds. The molecule has 0 saturated heterocycles. The summed E-state index contributed by atoms with van der Waals surface area (Å²) in [5.41, 5.74) is 10.4. The van der Waals surface area contributed by atoms with E-state index in [1.165, 1.54) is 0 Å². The molecule has 3 aromatic carbocycles. The lowest BCUT2D eigenvalue weighted by molar-refractivity contribution is -0.130. The molecule has 280 valence electrons. The van der Waals surface area contributed by atoms with Gasteiger partial charge in [-0.05, 0) is 137 Å². The third-order valence-corrected chi connectivity index (χ3v) is 10.9. The maximum atomic E-state index is 13.7. The number of carbonyl (C=O) groups is 3. The summed E-state index contributed by atoms with van der Waals surface area (Å²) in [5, 5.41) is 23.3. The SMILES string of the molecule is COc1cc(C(=O)NC2CCC(N(C)C)CC2)ccc1-c1ccc(C[C@H](NC(=O)[C@H]2CC[C@H](CN)CC2)C(=O)Nc2ccc(-c3nn[nH]n3)cc2)cc1. The van der Waals surface area contributed by atoms with Crippen molar-refractivity contribution in [2.75, 3.05) is 33.1 Å². The minimum Gasteiger partial charge on any atom is -0.496 e. The Kier molecular flexibility index (Phi) is 12.5. The molecule has 2 saturated carbocycles. The molecule has 13 heteroatoms. The van der Waals surface area contributed by atoms with Crippen molar-refractivity contribution in [3.63, 3.8) is 0 Å². The van der Waals surface area contributed by atoms with Crippen LogP contribution in [0, 0.1) is 11.8 Å². The molecule has 1 heterocycles. The highest BCUT2D eigenvalue weighted by Gasteiger charge is 2.30. The van der Waals surface area contributed by atoms with E-state index in [4.69, 9.17) is 10.5 Å². The van der Waals surface area contributed by atoms with E-state index in [0.717, 1.165) is 73.6 Å². The number of nitrogens with one attached hydrogen (secondary N) is 4. The molecule has 0 bridgehead atoms. The minimum atomic E-state index is -0.803. The highest BCUT2D eigenvalue weighted by molar-refractivity contribution is 5.98. The summed E-state index contributed by atoms with van der Waals surface area (Å²) in [5.74, 6) is 0.818. The molecule has 1 atom stereocenters. The average molecular weight is 722 g/mol. The number of aromatic nitrogens is 4. The van der Waals surface area contributed by atoms with E-state index in [9.17, 15) is 14.4 Å². The summed E-state index contributed by atoms with van der Waals surface area (Å²) in [6, 6.07) is 20.4. The standard InChI is InChI=1S/C40H51N9O4/c1-49(2)33-19-17-32(18-20-33)42-39(51)30-14-21-34(36(23-30)53-3)27-8-4-25(5-9-27)22-35(44-38(50)29-10-6-26(24-41)7-11-29)40(52)43-31-15-12-28(13-16-31)37-45-47-48-46-37/h4-5,8-9,12-16,21,23,26,29,32-33,35H,6-7,10-11,17-20,22,24,41H2,1-3H3,(H,42,51)(H,43,52)(H,44,50)(H,45,46,47,48)/t26-,29-,32?,33?,35-/m0/s1. The predicted molar refractivity (Wildman–Crippen MR) is 204 cm³/mol. The fourth-order valence-electron chi connectivity index (χ4n) is 7.51. The maximum Gasteiger partial charge on any atom is 0.251 e. The molecule has 1 aromatic heterocycles. The van der Waals surface area contributed by atoms with Gasteiger partial charge in [-0.3, -0.25) is 14.4 Å². The van der Waals surface area contributed by atoms with Gasteiger partial charge in [-0.1, -0.05) is 24.3 Å². The minimum absolute atomic E-state index is 0.0970. The Morgan fingerprint density at radius 3 is 2.23 bits per heavy atom. The van der Waals surface area contributed by atoms with Crippen molar-refractivity contribution in [2.45, 2.75) is 75.9 Å². The summed E-state index contributed by atoms with van der Waals surface area (Å²) in [6.45, 7) is 0.629. The van der Waals surface area contributed by atoms with Crippen molar-refractivity contribution in [1.29, 1.82) is 0 Å². The number of hydrogen-bond acceptors (Lipinski definition) is 9. The number of anilines is 1. The third-order valence-electron chi connectivity index (χ3n) is 10.9. The third kappa shape index (κ3) is 9.65. The molecule has 2 aliphatic carbocycles.